The molecule has 1 aromatic rings. The number of unbranched alkanes of at least 4 members (excludes halogenated alkanes) is 1. The van der Waals surface area contributed by atoms with Gasteiger partial charge < -0.3 is 10.1 Å². The lowest BCUT2D eigenvalue weighted by atomic mass is 10.3. The third-order valence-electron chi connectivity index (χ3n) is 2.92. The zero-order chi connectivity index (χ0) is 15.4. The van der Waals surface area contributed by atoms with Gasteiger partial charge in [0.25, 0.3) is 0 Å². The predicted octanol–water partition coefficient (Wildman–Crippen LogP) is 1.76. The van der Waals surface area contributed by atoms with Crippen molar-refractivity contribution >= 4 is 10.0 Å². The van der Waals surface area contributed by atoms with Gasteiger partial charge in [0.05, 0.1) is 12.4 Å². The van der Waals surface area contributed by atoms with Gasteiger partial charge in [-0.25, -0.2) is 13.1 Å². The third-order valence-corrected chi connectivity index (χ3v) is 4.39. The highest BCUT2D eigenvalue weighted by Crippen LogP contribution is 2.08. The van der Waals surface area contributed by atoms with E-state index in [9.17, 15) is 8.42 Å². The second kappa shape index (κ2) is 10.6. The van der Waals surface area contributed by atoms with E-state index in [0.717, 1.165) is 25.3 Å². The van der Waals surface area contributed by atoms with Crippen molar-refractivity contribution in [2.75, 3.05) is 32.0 Å². The Morgan fingerprint density at radius 2 is 1.81 bits per heavy atom. The van der Waals surface area contributed by atoms with Gasteiger partial charge in [-0.05, 0) is 44.5 Å². The maximum Gasteiger partial charge on any atom is 0.211 e. The van der Waals surface area contributed by atoms with Gasteiger partial charge in [0.1, 0.15) is 5.75 Å². The molecule has 5 nitrogen and oxygen atoms in total. The van der Waals surface area contributed by atoms with E-state index < -0.39 is 10.0 Å². The summed E-state index contributed by atoms with van der Waals surface area (Å²) >= 11 is 0. The second-order valence-electron chi connectivity index (χ2n) is 4.79. The van der Waals surface area contributed by atoms with Crippen molar-refractivity contribution in [1.29, 1.82) is 0 Å². The van der Waals surface area contributed by atoms with E-state index in [1.807, 2.05) is 37.3 Å². The number of nitrogens with one attached hydrogen (secondary N) is 2. The van der Waals surface area contributed by atoms with Crippen LogP contribution in [-0.2, 0) is 10.0 Å². The summed E-state index contributed by atoms with van der Waals surface area (Å²) in [7, 11) is -3.15. The van der Waals surface area contributed by atoms with Crippen LogP contribution in [0.5, 0.6) is 5.75 Å². The number of benzene rings is 1. The summed E-state index contributed by atoms with van der Waals surface area (Å²) in [5.74, 6) is 1.00. The lowest BCUT2D eigenvalue weighted by Crippen LogP contribution is -2.28. The molecule has 0 aliphatic carbocycles. The molecule has 0 spiro atoms. The van der Waals surface area contributed by atoms with Crippen molar-refractivity contribution in [3.8, 4) is 5.75 Å². The Morgan fingerprint density at radius 1 is 1.05 bits per heavy atom. The van der Waals surface area contributed by atoms with Crippen molar-refractivity contribution < 1.29 is 13.2 Å². The first-order valence-electron chi connectivity index (χ1n) is 7.50. The molecule has 0 amide bonds. The SMILES string of the molecule is CCNCCCCS(=O)(=O)NCCCOc1ccccc1. The van der Waals surface area contributed by atoms with Crippen LogP contribution in [-0.4, -0.2) is 40.4 Å². The van der Waals surface area contributed by atoms with Crippen LogP contribution in [0.1, 0.15) is 26.2 Å². The van der Waals surface area contributed by atoms with Gasteiger partial charge in [0.15, 0.2) is 0 Å². The molecule has 2 N–H and O–H groups in total. The van der Waals surface area contributed by atoms with Gasteiger partial charge in [-0.15, -0.1) is 0 Å². The van der Waals surface area contributed by atoms with E-state index in [2.05, 4.69) is 10.0 Å². The monoisotopic (exact) mass is 314 g/mol. The molecule has 1 aromatic carbocycles. The Hall–Kier alpha value is -1.11. The number of sulfonamides is 1. The lowest BCUT2D eigenvalue weighted by Gasteiger charge is -2.08. The fourth-order valence-electron chi connectivity index (χ4n) is 1.80. The highest BCUT2D eigenvalue weighted by Gasteiger charge is 2.08. The highest BCUT2D eigenvalue weighted by atomic mass is 32.2. The maximum absolute atomic E-state index is 11.7. The van der Waals surface area contributed by atoms with Crippen molar-refractivity contribution in [1.82, 2.24) is 10.0 Å². The summed E-state index contributed by atoms with van der Waals surface area (Å²) in [6.45, 7) is 4.76. The molecule has 0 atom stereocenters. The quantitative estimate of drug-likeness (QED) is 0.577. The molecule has 21 heavy (non-hydrogen) atoms. The summed E-state index contributed by atoms with van der Waals surface area (Å²) in [4.78, 5) is 0. The lowest BCUT2D eigenvalue weighted by molar-refractivity contribution is 0.311. The molecule has 0 saturated carbocycles. The van der Waals surface area contributed by atoms with E-state index in [1.54, 1.807) is 0 Å². The zero-order valence-corrected chi connectivity index (χ0v) is 13.5. The molecule has 120 valence electrons. The molecule has 0 fully saturated rings. The summed E-state index contributed by atoms with van der Waals surface area (Å²) < 4.78 is 31.6. The third kappa shape index (κ3) is 9.44. The molecular weight excluding hydrogens is 288 g/mol. The number of ether oxygens (including phenoxy) is 1. The Balaban J connectivity index is 2.05. The predicted molar refractivity (Wildman–Crippen MR) is 86.1 cm³/mol. The van der Waals surface area contributed by atoms with Crippen LogP contribution >= 0.6 is 0 Å². The molecule has 0 heterocycles. The van der Waals surface area contributed by atoms with Crippen molar-refractivity contribution in [2.45, 2.75) is 26.2 Å². The van der Waals surface area contributed by atoms with Crippen molar-refractivity contribution in [3.05, 3.63) is 30.3 Å². The molecule has 0 saturated heterocycles. The van der Waals surface area contributed by atoms with Gasteiger partial charge in [0.2, 0.25) is 10.0 Å². The summed E-state index contributed by atoms with van der Waals surface area (Å²) in [5, 5.41) is 3.18. The van der Waals surface area contributed by atoms with Crippen LogP contribution < -0.4 is 14.8 Å². The standard InChI is InChI=1S/C15H26N2O3S/c1-2-16-11-6-7-14-21(18,19)17-12-8-13-20-15-9-4-3-5-10-15/h3-5,9-10,16-17H,2,6-8,11-14H2,1H3. The molecule has 0 aromatic heterocycles. The van der Waals surface area contributed by atoms with Gasteiger partial charge in [-0.1, -0.05) is 25.1 Å². The van der Waals surface area contributed by atoms with Crippen LogP contribution in [0.15, 0.2) is 30.3 Å². The first kappa shape index (κ1) is 17.9. The topological polar surface area (TPSA) is 67.4 Å². The van der Waals surface area contributed by atoms with E-state index in [1.165, 1.54) is 0 Å². The molecule has 0 radical (unpaired) electrons. The largest absolute Gasteiger partial charge is 0.494 e. The van der Waals surface area contributed by atoms with Crippen molar-refractivity contribution in [2.24, 2.45) is 0 Å². The van der Waals surface area contributed by atoms with E-state index in [-0.39, 0.29) is 5.75 Å². The average Bonchev–Trinajstić information content (AvgIpc) is 2.47. The minimum atomic E-state index is -3.15. The summed E-state index contributed by atoms with van der Waals surface area (Å²) in [6.07, 6.45) is 2.22. The molecular formula is C15H26N2O3S. The molecule has 0 aliphatic rings. The summed E-state index contributed by atoms with van der Waals surface area (Å²) in [5.41, 5.74) is 0. The first-order chi connectivity index (χ1) is 10.1. The van der Waals surface area contributed by atoms with Crippen LogP contribution in [0, 0.1) is 0 Å². The number of hydrogen-bond donors (Lipinski definition) is 2. The molecule has 0 bridgehead atoms. The normalized spacial score (nSPS) is 11.5. The average molecular weight is 314 g/mol. The highest BCUT2D eigenvalue weighted by molar-refractivity contribution is 7.89. The van der Waals surface area contributed by atoms with Crippen LogP contribution in [0.2, 0.25) is 0 Å². The fourth-order valence-corrected chi connectivity index (χ4v) is 2.98. The van der Waals surface area contributed by atoms with E-state index >= 15 is 0 Å². The fraction of sp³-hybridized carbons (Fsp3) is 0.600. The molecule has 6 heteroatoms. The zero-order valence-electron chi connectivity index (χ0n) is 12.7. The van der Waals surface area contributed by atoms with Crippen LogP contribution in [0.25, 0.3) is 0 Å². The first-order valence-corrected chi connectivity index (χ1v) is 9.15. The van der Waals surface area contributed by atoms with Gasteiger partial charge in [-0.2, -0.15) is 0 Å². The Morgan fingerprint density at radius 3 is 2.52 bits per heavy atom. The Bertz CT molecular complexity index is 463. The number of hydrogen-bond acceptors (Lipinski definition) is 4. The van der Waals surface area contributed by atoms with Gasteiger partial charge in [-0.3, -0.25) is 0 Å². The van der Waals surface area contributed by atoms with Gasteiger partial charge >= 0.3 is 0 Å². The minimum absolute atomic E-state index is 0.192. The smallest absolute Gasteiger partial charge is 0.211 e. The molecule has 0 aliphatic heterocycles. The Kier molecular flexibility index (Phi) is 9.05. The van der Waals surface area contributed by atoms with Crippen LogP contribution in [0.4, 0.5) is 0 Å². The minimum Gasteiger partial charge on any atom is -0.494 e. The molecule has 0 unspecified atom stereocenters. The maximum atomic E-state index is 11.7. The number of rotatable bonds is 12. The van der Waals surface area contributed by atoms with E-state index in [4.69, 9.17) is 4.74 Å². The van der Waals surface area contributed by atoms with E-state index in [0.29, 0.717) is 26.0 Å². The summed E-state index contributed by atoms with van der Waals surface area (Å²) in [6, 6.07) is 9.51. The number of para-hydroxylation sites is 1. The molecule has 1 rings (SSSR count). The van der Waals surface area contributed by atoms with Crippen LogP contribution in [0.3, 0.4) is 0 Å². The second-order valence-corrected chi connectivity index (χ2v) is 6.72. The van der Waals surface area contributed by atoms with Crippen molar-refractivity contribution in [3.63, 3.8) is 0 Å². The Labute approximate surface area is 128 Å². The van der Waals surface area contributed by atoms with Gasteiger partial charge in [0, 0.05) is 6.54 Å².